The maximum atomic E-state index is 13.2. The Bertz CT molecular complexity index is 1320. The van der Waals surface area contributed by atoms with Gasteiger partial charge in [-0.3, -0.25) is 14.4 Å². The molecule has 3 rings (SSSR count). The second-order valence-corrected chi connectivity index (χ2v) is 9.44. The number of benzene rings is 2. The number of amides is 2. The van der Waals surface area contributed by atoms with Crippen LogP contribution < -0.4 is 24.8 Å². The fraction of sp³-hybridized carbons (Fsp3) is 0.333. The number of anilines is 1. The van der Waals surface area contributed by atoms with E-state index in [1.807, 2.05) is 0 Å². The van der Waals surface area contributed by atoms with Crippen molar-refractivity contribution in [3.8, 4) is 23.3 Å². The molecule has 2 aromatic rings. The molecule has 1 heterocycles. The predicted molar refractivity (Wildman–Crippen MR) is 147 cm³/mol. The van der Waals surface area contributed by atoms with Gasteiger partial charge in [-0.05, 0) is 19.9 Å². The zero-order chi connectivity index (χ0) is 28.5. The van der Waals surface area contributed by atoms with Crippen molar-refractivity contribution in [3.05, 3.63) is 57.6 Å². The summed E-state index contributed by atoms with van der Waals surface area (Å²) in [6.07, 6.45) is 0. The van der Waals surface area contributed by atoms with E-state index in [1.165, 1.54) is 26.4 Å². The van der Waals surface area contributed by atoms with Crippen molar-refractivity contribution in [2.24, 2.45) is 5.92 Å². The van der Waals surface area contributed by atoms with E-state index >= 15 is 0 Å². The Kier molecular flexibility index (Phi) is 10.5. The van der Waals surface area contributed by atoms with Crippen LogP contribution in [0.25, 0.3) is 0 Å². The molecule has 2 amide bonds. The molecule has 206 valence electrons. The minimum atomic E-state index is -1.31. The third kappa shape index (κ3) is 6.77. The summed E-state index contributed by atoms with van der Waals surface area (Å²) in [5, 5.41) is 16.0. The first-order valence-corrected chi connectivity index (χ1v) is 13.3. The molecule has 0 saturated carbocycles. The number of nitriles is 1. The highest BCUT2D eigenvalue weighted by Gasteiger charge is 2.45. The van der Waals surface area contributed by atoms with Crippen molar-refractivity contribution < 1.29 is 33.3 Å². The van der Waals surface area contributed by atoms with Gasteiger partial charge in [0.2, 0.25) is 11.8 Å². The molecule has 0 saturated heterocycles. The van der Waals surface area contributed by atoms with E-state index in [9.17, 15) is 19.6 Å². The van der Waals surface area contributed by atoms with E-state index in [2.05, 4.69) is 16.7 Å². The first kappa shape index (κ1) is 29.7. The number of carbonyl (C=O) groups is 3. The number of halogens is 1. The monoisotopic (exact) mass is 573 g/mol. The zero-order valence-corrected chi connectivity index (χ0v) is 23.4. The molecular weight excluding hydrogens is 546 g/mol. The fourth-order valence-electron chi connectivity index (χ4n) is 4.07. The minimum Gasteiger partial charge on any atom is -0.495 e. The lowest BCUT2D eigenvalue weighted by Crippen LogP contribution is -2.44. The van der Waals surface area contributed by atoms with E-state index in [4.69, 9.17) is 30.5 Å². The number of allylic oxidation sites excluding steroid dienone is 1. The molecular formula is C27H28ClN3O7S. The second kappa shape index (κ2) is 13.8. The third-order valence-corrected chi connectivity index (χ3v) is 7.03. The van der Waals surface area contributed by atoms with Crippen LogP contribution in [0.2, 0.25) is 5.02 Å². The molecule has 1 aliphatic heterocycles. The summed E-state index contributed by atoms with van der Waals surface area (Å²) in [5.41, 5.74) is 0.935. The molecule has 1 aliphatic rings. The number of hydrogen-bond donors (Lipinski definition) is 2. The average molecular weight is 574 g/mol. The van der Waals surface area contributed by atoms with Crippen LogP contribution in [-0.2, 0) is 19.1 Å². The lowest BCUT2D eigenvalue weighted by Gasteiger charge is -2.32. The number of methoxy groups -OCH3 is 2. The number of para-hydroxylation sites is 1. The summed E-state index contributed by atoms with van der Waals surface area (Å²) >= 11 is 7.09. The van der Waals surface area contributed by atoms with Crippen LogP contribution in [0, 0.1) is 17.2 Å². The summed E-state index contributed by atoms with van der Waals surface area (Å²) in [4.78, 5) is 38.9. The van der Waals surface area contributed by atoms with Crippen molar-refractivity contribution in [2.45, 2.75) is 19.8 Å². The Morgan fingerprint density at radius 3 is 2.46 bits per heavy atom. The van der Waals surface area contributed by atoms with Gasteiger partial charge in [-0.25, -0.2) is 0 Å². The number of rotatable bonds is 11. The second-order valence-electron chi connectivity index (χ2n) is 8.05. The number of hydrogen-bond acceptors (Lipinski definition) is 9. The van der Waals surface area contributed by atoms with Gasteiger partial charge >= 0.3 is 5.97 Å². The van der Waals surface area contributed by atoms with E-state index in [1.54, 1.807) is 38.1 Å². The quantitative estimate of drug-likeness (QED) is 0.298. The SMILES string of the molecule is CCOC(=O)[C@@H]1C(=O)NC(SCC(=O)Nc2cc(OC)c(Cl)cc2OC)=C(C#N)[C@@H]1c1ccccc1OCC. The van der Waals surface area contributed by atoms with Gasteiger partial charge in [-0.1, -0.05) is 41.6 Å². The van der Waals surface area contributed by atoms with Crippen molar-refractivity contribution >= 4 is 46.8 Å². The van der Waals surface area contributed by atoms with Gasteiger partial charge in [0.1, 0.15) is 23.2 Å². The largest absolute Gasteiger partial charge is 0.495 e. The molecule has 10 nitrogen and oxygen atoms in total. The molecule has 0 fully saturated rings. The van der Waals surface area contributed by atoms with Crippen molar-refractivity contribution in [2.75, 3.05) is 38.5 Å². The highest BCUT2D eigenvalue weighted by atomic mass is 35.5. The number of esters is 1. The molecule has 0 radical (unpaired) electrons. The van der Waals surface area contributed by atoms with Crippen LogP contribution in [0.5, 0.6) is 17.2 Å². The lowest BCUT2D eigenvalue weighted by atomic mass is 9.78. The van der Waals surface area contributed by atoms with Crippen LogP contribution in [-0.4, -0.2) is 51.0 Å². The maximum absolute atomic E-state index is 13.2. The van der Waals surface area contributed by atoms with Crippen LogP contribution in [0.3, 0.4) is 0 Å². The molecule has 2 atom stereocenters. The summed E-state index contributed by atoms with van der Waals surface area (Å²) in [6.45, 7) is 3.84. The molecule has 12 heteroatoms. The molecule has 0 bridgehead atoms. The Hall–Kier alpha value is -3.88. The Labute approximate surface area is 235 Å². The van der Waals surface area contributed by atoms with Gasteiger partial charge in [0.15, 0.2) is 0 Å². The lowest BCUT2D eigenvalue weighted by molar-refractivity contribution is -0.152. The van der Waals surface area contributed by atoms with Crippen molar-refractivity contribution in [1.29, 1.82) is 5.26 Å². The molecule has 2 N–H and O–H groups in total. The van der Waals surface area contributed by atoms with Crippen LogP contribution in [0.15, 0.2) is 47.0 Å². The molecule has 2 aromatic carbocycles. The number of thioether (sulfide) groups is 1. The van der Waals surface area contributed by atoms with Gasteiger partial charge in [0, 0.05) is 23.6 Å². The van der Waals surface area contributed by atoms with Gasteiger partial charge < -0.3 is 29.6 Å². The smallest absolute Gasteiger partial charge is 0.319 e. The molecule has 0 aromatic heterocycles. The highest BCUT2D eigenvalue weighted by molar-refractivity contribution is 8.03. The average Bonchev–Trinajstić information content (AvgIpc) is 2.92. The first-order valence-electron chi connectivity index (χ1n) is 12.0. The van der Waals surface area contributed by atoms with Gasteiger partial charge in [0.25, 0.3) is 0 Å². The van der Waals surface area contributed by atoms with E-state index in [0.717, 1.165) is 11.8 Å². The zero-order valence-electron chi connectivity index (χ0n) is 21.8. The van der Waals surface area contributed by atoms with Gasteiger partial charge in [-0.15, -0.1) is 0 Å². The Morgan fingerprint density at radius 2 is 1.82 bits per heavy atom. The Balaban J connectivity index is 1.95. The first-order chi connectivity index (χ1) is 18.8. The van der Waals surface area contributed by atoms with E-state index < -0.39 is 29.6 Å². The van der Waals surface area contributed by atoms with Crippen LogP contribution in [0.4, 0.5) is 5.69 Å². The predicted octanol–water partition coefficient (Wildman–Crippen LogP) is 4.26. The summed E-state index contributed by atoms with van der Waals surface area (Å²) in [6, 6.07) is 12.1. The summed E-state index contributed by atoms with van der Waals surface area (Å²) in [5.74, 6) is -3.20. The number of nitrogens with zero attached hydrogens (tertiary/aromatic N) is 1. The molecule has 39 heavy (non-hydrogen) atoms. The summed E-state index contributed by atoms with van der Waals surface area (Å²) < 4.78 is 21.4. The van der Waals surface area contributed by atoms with E-state index in [-0.39, 0.29) is 23.0 Å². The topological polar surface area (TPSA) is 136 Å². The normalized spacial score (nSPS) is 16.6. The Morgan fingerprint density at radius 1 is 1.10 bits per heavy atom. The highest BCUT2D eigenvalue weighted by Crippen LogP contribution is 2.43. The minimum absolute atomic E-state index is 0.0643. The van der Waals surface area contributed by atoms with Gasteiger partial charge in [-0.2, -0.15) is 5.26 Å². The van der Waals surface area contributed by atoms with Crippen LogP contribution >= 0.6 is 23.4 Å². The van der Waals surface area contributed by atoms with Crippen LogP contribution in [0.1, 0.15) is 25.3 Å². The molecule has 0 spiro atoms. The maximum Gasteiger partial charge on any atom is 0.319 e. The number of ether oxygens (including phenoxy) is 4. The number of carbonyl (C=O) groups excluding carboxylic acids is 3. The van der Waals surface area contributed by atoms with E-state index in [0.29, 0.717) is 40.1 Å². The molecule has 0 unspecified atom stereocenters. The molecule has 0 aliphatic carbocycles. The standard InChI is InChI=1S/C27H28ClN3O7S/c1-5-37-19-10-8-7-9-15(19)23-16(13-29)26(31-25(33)24(23)27(34)38-6-2)39-14-22(32)30-18-12-20(35-3)17(28)11-21(18)36-4/h7-12,23-24H,5-6,14H2,1-4H3,(H,30,32)(H,31,33)/t23-,24-/m0/s1. The number of nitrogens with one attached hydrogen (secondary N) is 2. The van der Waals surface area contributed by atoms with Crippen molar-refractivity contribution in [1.82, 2.24) is 5.32 Å². The summed E-state index contributed by atoms with van der Waals surface area (Å²) in [7, 11) is 2.88. The van der Waals surface area contributed by atoms with Crippen molar-refractivity contribution in [3.63, 3.8) is 0 Å². The fourth-order valence-corrected chi connectivity index (χ4v) is 5.15. The van der Waals surface area contributed by atoms with Gasteiger partial charge in [0.05, 0.1) is 60.6 Å². The third-order valence-electron chi connectivity index (χ3n) is 5.72.